The normalized spacial score (nSPS) is 43.7. The molecule has 7 heteroatoms. The Bertz CT molecular complexity index is 1220. The number of fused-ring (bicyclic) bond motifs is 6. The van der Waals surface area contributed by atoms with E-state index < -0.39 is 35.7 Å². The van der Waals surface area contributed by atoms with Crippen LogP contribution in [0.4, 0.5) is 4.79 Å². The standard InChI is InChI=1S/C34H49NO6/c1-30(2,3)41-29(38)35-22-10-11-23(35)27(28(37)40-25-17-20-13-15-34(25,9)32(20,6)7)21(22)18-26(36)39-24-16-19-12-14-33(24,8)31(19,4)5/h10-11,18-20,22-25,27H,12-17H2,1-9H3/b21-18-/t19-,20-,22+,23-,24+,25+,27-,33+,34+/m0/s1. The van der Waals surface area contributed by atoms with Gasteiger partial charge in [0.15, 0.2) is 0 Å². The Kier molecular flexibility index (Phi) is 6.22. The van der Waals surface area contributed by atoms with Crippen molar-refractivity contribution in [3.63, 3.8) is 0 Å². The number of rotatable bonds is 4. The molecular weight excluding hydrogens is 518 g/mol. The van der Waals surface area contributed by atoms with Crippen LogP contribution in [0.5, 0.6) is 0 Å². The van der Waals surface area contributed by atoms with E-state index in [-0.39, 0.29) is 39.8 Å². The molecule has 7 nitrogen and oxygen atoms in total. The van der Waals surface area contributed by atoms with Gasteiger partial charge in [-0.25, -0.2) is 9.59 Å². The molecule has 0 aromatic rings. The fourth-order valence-corrected chi connectivity index (χ4v) is 9.66. The number of carbonyl (C=O) groups excluding carboxylic acids is 3. The lowest BCUT2D eigenvalue weighted by atomic mass is 9.70. The van der Waals surface area contributed by atoms with E-state index in [1.807, 2.05) is 32.9 Å². The highest BCUT2D eigenvalue weighted by atomic mass is 16.6. The van der Waals surface area contributed by atoms with Crippen molar-refractivity contribution in [3.8, 4) is 0 Å². The van der Waals surface area contributed by atoms with E-state index in [1.165, 1.54) is 12.5 Å². The number of amides is 1. The molecule has 6 rings (SSSR count). The first-order valence-electron chi connectivity index (χ1n) is 15.7. The molecule has 6 aliphatic rings. The van der Waals surface area contributed by atoms with Gasteiger partial charge < -0.3 is 14.2 Å². The van der Waals surface area contributed by atoms with Crippen LogP contribution in [0.15, 0.2) is 23.8 Å². The van der Waals surface area contributed by atoms with Crippen molar-refractivity contribution in [3.05, 3.63) is 23.8 Å². The maximum absolute atomic E-state index is 14.0. The van der Waals surface area contributed by atoms with Gasteiger partial charge >= 0.3 is 18.0 Å². The first kappa shape index (κ1) is 28.8. The monoisotopic (exact) mass is 567 g/mol. The summed E-state index contributed by atoms with van der Waals surface area (Å²) in [5.41, 5.74) is -0.0552. The van der Waals surface area contributed by atoms with Crippen molar-refractivity contribution in [2.24, 2.45) is 39.4 Å². The largest absolute Gasteiger partial charge is 0.461 e. The second-order valence-corrected chi connectivity index (χ2v) is 16.4. The van der Waals surface area contributed by atoms with Crippen LogP contribution in [0.1, 0.15) is 101 Å². The molecule has 0 radical (unpaired) electrons. The second kappa shape index (κ2) is 8.86. The molecule has 6 bridgehead atoms. The number of esters is 2. The van der Waals surface area contributed by atoms with Gasteiger partial charge in [-0.1, -0.05) is 53.7 Å². The number of carbonyl (C=O) groups is 3. The lowest BCUT2D eigenvalue weighted by Crippen LogP contribution is -2.43. The van der Waals surface area contributed by atoms with Crippen molar-refractivity contribution in [2.75, 3.05) is 0 Å². The summed E-state index contributed by atoms with van der Waals surface area (Å²) in [6, 6.07) is -1.10. The predicted molar refractivity (Wildman–Crippen MR) is 155 cm³/mol. The first-order chi connectivity index (χ1) is 18.9. The van der Waals surface area contributed by atoms with E-state index in [0.29, 0.717) is 17.4 Å². The Morgan fingerprint density at radius 2 is 1.39 bits per heavy atom. The van der Waals surface area contributed by atoms with Crippen LogP contribution in [0.25, 0.3) is 0 Å². The van der Waals surface area contributed by atoms with Crippen LogP contribution in [-0.2, 0) is 23.8 Å². The van der Waals surface area contributed by atoms with Crippen molar-refractivity contribution in [1.82, 2.24) is 4.90 Å². The summed E-state index contributed by atoms with van der Waals surface area (Å²) in [6.07, 6.45) is 10.6. The van der Waals surface area contributed by atoms with E-state index in [0.717, 1.165) is 32.1 Å². The molecule has 2 aliphatic heterocycles. The molecule has 4 saturated carbocycles. The van der Waals surface area contributed by atoms with Crippen molar-refractivity contribution in [1.29, 1.82) is 0 Å². The Balaban J connectivity index is 1.27. The highest BCUT2D eigenvalue weighted by Gasteiger charge is 2.65. The Morgan fingerprint density at radius 3 is 1.85 bits per heavy atom. The molecule has 5 fully saturated rings. The molecule has 4 aliphatic carbocycles. The highest BCUT2D eigenvalue weighted by molar-refractivity contribution is 5.89. The van der Waals surface area contributed by atoms with Crippen LogP contribution >= 0.6 is 0 Å². The fourth-order valence-electron chi connectivity index (χ4n) is 9.66. The van der Waals surface area contributed by atoms with Gasteiger partial charge in [-0.15, -0.1) is 0 Å². The van der Waals surface area contributed by atoms with Gasteiger partial charge in [0.05, 0.1) is 12.1 Å². The van der Waals surface area contributed by atoms with E-state index in [9.17, 15) is 14.4 Å². The molecule has 1 amide bonds. The molecule has 1 saturated heterocycles. The van der Waals surface area contributed by atoms with Crippen LogP contribution < -0.4 is 0 Å². The van der Waals surface area contributed by atoms with E-state index in [1.54, 1.807) is 4.90 Å². The van der Waals surface area contributed by atoms with Gasteiger partial charge in [0.25, 0.3) is 0 Å². The molecule has 2 heterocycles. The molecule has 0 unspecified atom stereocenters. The number of hydrogen-bond acceptors (Lipinski definition) is 6. The molecule has 0 aromatic carbocycles. The average molecular weight is 568 g/mol. The third-order valence-corrected chi connectivity index (χ3v) is 13.2. The zero-order chi connectivity index (χ0) is 29.9. The van der Waals surface area contributed by atoms with Gasteiger partial charge in [0.1, 0.15) is 23.7 Å². The average Bonchev–Trinajstić information content (AvgIpc) is 3.60. The topological polar surface area (TPSA) is 82.1 Å². The second-order valence-electron chi connectivity index (χ2n) is 16.4. The minimum Gasteiger partial charge on any atom is -0.461 e. The van der Waals surface area contributed by atoms with Crippen molar-refractivity contribution < 1.29 is 28.6 Å². The van der Waals surface area contributed by atoms with Crippen LogP contribution in [0.2, 0.25) is 0 Å². The minimum atomic E-state index is -0.761. The minimum absolute atomic E-state index is 0.0642. The fraction of sp³-hybridized carbons (Fsp3) is 0.794. The molecule has 9 atom stereocenters. The smallest absolute Gasteiger partial charge is 0.411 e. The zero-order valence-corrected chi connectivity index (χ0v) is 26.4. The summed E-state index contributed by atoms with van der Waals surface area (Å²) in [4.78, 5) is 42.5. The molecule has 0 N–H and O–H groups in total. The Morgan fingerprint density at radius 1 is 0.854 bits per heavy atom. The summed E-state index contributed by atoms with van der Waals surface area (Å²) in [6.45, 7) is 19.1. The Hall–Kier alpha value is -2.31. The van der Waals surface area contributed by atoms with Gasteiger partial charge in [-0.2, -0.15) is 0 Å². The van der Waals surface area contributed by atoms with Gasteiger partial charge in [0, 0.05) is 16.9 Å². The van der Waals surface area contributed by atoms with Gasteiger partial charge in [-0.3, -0.25) is 9.69 Å². The third-order valence-electron chi connectivity index (χ3n) is 13.2. The van der Waals surface area contributed by atoms with E-state index in [4.69, 9.17) is 14.2 Å². The van der Waals surface area contributed by atoms with E-state index in [2.05, 4.69) is 41.5 Å². The molecular formula is C34H49NO6. The summed E-state index contributed by atoms with van der Waals surface area (Å²) in [7, 11) is 0. The summed E-state index contributed by atoms with van der Waals surface area (Å²) >= 11 is 0. The van der Waals surface area contributed by atoms with Crippen LogP contribution in [0, 0.1) is 39.4 Å². The summed E-state index contributed by atoms with van der Waals surface area (Å²) in [5.74, 6) is -0.493. The van der Waals surface area contributed by atoms with Crippen molar-refractivity contribution >= 4 is 18.0 Å². The summed E-state index contributed by atoms with van der Waals surface area (Å²) < 4.78 is 18.2. The van der Waals surface area contributed by atoms with Crippen LogP contribution in [-0.4, -0.2) is 52.8 Å². The molecule has 0 aromatic heterocycles. The Labute approximate surface area is 245 Å². The van der Waals surface area contributed by atoms with E-state index >= 15 is 0 Å². The van der Waals surface area contributed by atoms with Gasteiger partial charge in [-0.05, 0) is 87.5 Å². The lowest BCUT2D eigenvalue weighted by molar-refractivity contribution is -0.160. The highest BCUT2D eigenvalue weighted by Crippen LogP contribution is 2.67. The molecule has 226 valence electrons. The number of nitrogens with zero attached hydrogens (tertiary/aromatic N) is 1. The zero-order valence-electron chi connectivity index (χ0n) is 26.4. The SMILES string of the molecule is CC(C)(C)OC(=O)N1[C@@H]2C=C[C@H]1[C@@H](C(=O)O[C@@H]1C[C@@H]3CC[C@@]1(C)C3(C)C)/C2=C\C(=O)O[C@@H]1C[C@@H]2CC[C@@]1(C)C2(C)C. The quantitative estimate of drug-likeness (QED) is 0.165. The molecule has 41 heavy (non-hydrogen) atoms. The maximum Gasteiger partial charge on any atom is 0.411 e. The molecule has 0 spiro atoms. The van der Waals surface area contributed by atoms with Crippen molar-refractivity contribution in [2.45, 2.75) is 131 Å². The number of ether oxygens (including phenoxy) is 3. The van der Waals surface area contributed by atoms with Gasteiger partial charge in [0.2, 0.25) is 0 Å². The predicted octanol–water partition coefficient (Wildman–Crippen LogP) is 6.60. The third kappa shape index (κ3) is 3.99. The summed E-state index contributed by atoms with van der Waals surface area (Å²) in [5, 5.41) is 0. The van der Waals surface area contributed by atoms with Crippen LogP contribution in [0.3, 0.4) is 0 Å². The first-order valence-corrected chi connectivity index (χ1v) is 15.7. The maximum atomic E-state index is 14.0. The number of hydrogen-bond donors (Lipinski definition) is 0. The lowest BCUT2D eigenvalue weighted by Gasteiger charge is -2.39.